The van der Waals surface area contributed by atoms with Crippen molar-refractivity contribution >= 4 is 23.2 Å². The topological polar surface area (TPSA) is 54.0 Å². The van der Waals surface area contributed by atoms with Gasteiger partial charge in [-0.25, -0.2) is 0 Å². The molecular weight excluding hydrogens is 520 g/mol. The lowest BCUT2D eigenvalue weighted by Gasteiger charge is -2.58. The second kappa shape index (κ2) is 13.6. The van der Waals surface area contributed by atoms with Crippen LogP contribution in [-0.4, -0.2) is 62.0 Å². The van der Waals surface area contributed by atoms with E-state index in [0.29, 0.717) is 24.6 Å². The van der Waals surface area contributed by atoms with Gasteiger partial charge in [-0.3, -0.25) is 0 Å². The Morgan fingerprint density at radius 1 is 1.05 bits per heavy atom. The number of nitrogens with one attached hydrogen (secondary N) is 1. The van der Waals surface area contributed by atoms with Gasteiger partial charge in [0.15, 0.2) is 0 Å². The van der Waals surface area contributed by atoms with Crippen LogP contribution in [0.5, 0.6) is 11.5 Å². The quantitative estimate of drug-likeness (QED) is 0.347. The standard InChI is InChI=1S/C18H25NO.C16H21NO2.ClH/c1-19-10-9-18-8-4-3-5-15(18)17(19)11-13-6-7-14(20-2)12-16(13)18;1-12(2)17-10-14(18)11-19-16-9-5-7-13-6-3-4-8-15(13)16;/h6-7,12,15,17H,3-5,8-11H2,1-2H3;3-9,12,14,17-18H,10-11H2,1-2H3;1H/t15-,17+,18+;;/m1../s1. The number of aliphatic hydroxyl groups excluding tert-OH is 1. The summed E-state index contributed by atoms with van der Waals surface area (Å²) >= 11 is 0. The summed E-state index contributed by atoms with van der Waals surface area (Å²) in [6, 6.07) is 22.0. The number of piperidine rings is 1. The smallest absolute Gasteiger partial charge is 0.127 e. The van der Waals surface area contributed by atoms with E-state index in [1.807, 2.05) is 30.3 Å². The molecule has 0 aromatic heterocycles. The maximum atomic E-state index is 9.84. The predicted octanol–water partition coefficient (Wildman–Crippen LogP) is 6.38. The number of fused-ring (bicyclic) bond motifs is 2. The molecule has 2 aliphatic carbocycles. The van der Waals surface area contributed by atoms with Gasteiger partial charge in [0, 0.05) is 29.4 Å². The number of methoxy groups -OCH3 is 1. The van der Waals surface area contributed by atoms with E-state index < -0.39 is 6.10 Å². The van der Waals surface area contributed by atoms with Gasteiger partial charge in [0.05, 0.1) is 7.11 Å². The van der Waals surface area contributed by atoms with Crippen molar-refractivity contribution in [3.05, 3.63) is 71.8 Å². The zero-order valence-corrected chi connectivity index (χ0v) is 25.4. The Morgan fingerprint density at radius 2 is 1.85 bits per heavy atom. The molecule has 1 saturated heterocycles. The third kappa shape index (κ3) is 6.44. The Balaban J connectivity index is 0.000000181. The number of hydrogen-bond acceptors (Lipinski definition) is 5. The Hall–Kier alpha value is -2.31. The highest BCUT2D eigenvalue weighted by Gasteiger charge is 2.53. The summed E-state index contributed by atoms with van der Waals surface area (Å²) in [5, 5.41) is 15.3. The van der Waals surface area contributed by atoms with Gasteiger partial charge < -0.3 is 24.8 Å². The first-order chi connectivity index (χ1) is 18.9. The summed E-state index contributed by atoms with van der Waals surface area (Å²) in [6.07, 6.45) is 7.72. The van der Waals surface area contributed by atoms with Gasteiger partial charge in [-0.1, -0.05) is 69.2 Å². The van der Waals surface area contributed by atoms with Crippen LogP contribution in [0.2, 0.25) is 0 Å². The van der Waals surface area contributed by atoms with Gasteiger partial charge in [0.1, 0.15) is 24.2 Å². The zero-order valence-electron chi connectivity index (χ0n) is 24.6. The molecule has 6 heteroatoms. The maximum Gasteiger partial charge on any atom is 0.127 e. The van der Waals surface area contributed by atoms with Gasteiger partial charge in [-0.05, 0) is 79.9 Å². The number of hydrogen-bond donors (Lipinski definition) is 2. The fourth-order valence-corrected chi connectivity index (χ4v) is 7.24. The lowest BCUT2D eigenvalue weighted by molar-refractivity contribution is 0.00274. The van der Waals surface area contributed by atoms with E-state index in [9.17, 15) is 5.11 Å². The van der Waals surface area contributed by atoms with Crippen molar-refractivity contribution in [2.75, 3.05) is 33.9 Å². The van der Waals surface area contributed by atoms with Crippen LogP contribution >= 0.6 is 12.4 Å². The van der Waals surface area contributed by atoms with E-state index in [2.05, 4.69) is 61.4 Å². The van der Waals surface area contributed by atoms with E-state index in [0.717, 1.165) is 34.2 Å². The van der Waals surface area contributed by atoms with E-state index in [1.54, 1.807) is 18.2 Å². The molecule has 3 aliphatic rings. The molecule has 0 amide bonds. The van der Waals surface area contributed by atoms with Crippen LogP contribution in [0.3, 0.4) is 0 Å². The molecule has 2 N–H and O–H groups in total. The number of benzene rings is 3. The lowest BCUT2D eigenvalue weighted by atomic mass is 9.52. The molecular formula is C34H47ClN2O3. The number of aliphatic hydroxyl groups is 1. The second-order valence-electron chi connectivity index (χ2n) is 12.0. The molecule has 2 bridgehead atoms. The molecule has 1 heterocycles. The number of halogens is 1. The van der Waals surface area contributed by atoms with Gasteiger partial charge in [-0.2, -0.15) is 0 Å². The Labute approximate surface area is 246 Å². The fraction of sp³-hybridized carbons (Fsp3) is 0.529. The van der Waals surface area contributed by atoms with Gasteiger partial charge in [0.2, 0.25) is 0 Å². The second-order valence-corrected chi connectivity index (χ2v) is 12.0. The average Bonchev–Trinajstić information content (AvgIpc) is 2.97. The minimum absolute atomic E-state index is 0. The molecule has 5 nitrogen and oxygen atoms in total. The van der Waals surface area contributed by atoms with Crippen LogP contribution in [-0.2, 0) is 11.8 Å². The number of likely N-dealkylation sites (tertiary alicyclic amines) is 1. The zero-order chi connectivity index (χ0) is 27.4. The van der Waals surface area contributed by atoms with Crippen LogP contribution < -0.4 is 14.8 Å². The molecule has 1 aliphatic heterocycles. The monoisotopic (exact) mass is 566 g/mol. The van der Waals surface area contributed by atoms with Crippen LogP contribution in [0, 0.1) is 5.92 Å². The Bertz CT molecular complexity index is 1250. The number of likely N-dealkylation sites (N-methyl/N-ethyl adjacent to an activating group) is 1. The summed E-state index contributed by atoms with van der Waals surface area (Å²) in [4.78, 5) is 2.63. The first kappa shape index (κ1) is 30.6. The third-order valence-corrected chi connectivity index (χ3v) is 9.26. The van der Waals surface area contributed by atoms with E-state index >= 15 is 0 Å². The number of ether oxygens (including phenoxy) is 2. The van der Waals surface area contributed by atoms with Crippen molar-refractivity contribution in [3.63, 3.8) is 0 Å². The van der Waals surface area contributed by atoms with Gasteiger partial charge in [0.25, 0.3) is 0 Å². The molecule has 218 valence electrons. The minimum Gasteiger partial charge on any atom is -0.497 e. The van der Waals surface area contributed by atoms with Crippen molar-refractivity contribution < 1.29 is 14.6 Å². The lowest BCUT2D eigenvalue weighted by Crippen LogP contribution is -2.59. The summed E-state index contributed by atoms with van der Waals surface area (Å²) < 4.78 is 11.2. The average molecular weight is 567 g/mol. The van der Waals surface area contributed by atoms with Crippen molar-refractivity contribution in [1.29, 1.82) is 0 Å². The van der Waals surface area contributed by atoms with Crippen molar-refractivity contribution in [2.24, 2.45) is 5.92 Å². The van der Waals surface area contributed by atoms with Crippen molar-refractivity contribution in [1.82, 2.24) is 10.2 Å². The first-order valence-electron chi connectivity index (χ1n) is 14.8. The predicted molar refractivity (Wildman–Crippen MR) is 167 cm³/mol. The molecule has 2 fully saturated rings. The highest BCUT2D eigenvalue weighted by Crippen LogP contribution is 2.55. The molecule has 3 aromatic carbocycles. The summed E-state index contributed by atoms with van der Waals surface area (Å²) in [6.45, 7) is 6.21. The first-order valence-corrected chi connectivity index (χ1v) is 14.8. The van der Waals surface area contributed by atoms with Crippen LogP contribution in [0.4, 0.5) is 0 Å². The summed E-state index contributed by atoms with van der Waals surface area (Å²) in [7, 11) is 4.12. The SMILES string of the molecule is CC(C)NCC(O)COc1cccc2ccccc12.COc1ccc2c(c1)[C@]13CCCC[C@@H]1[C@H](C2)N(C)CC3.Cl. The highest BCUT2D eigenvalue weighted by atomic mass is 35.5. The minimum atomic E-state index is -0.499. The molecule has 0 spiro atoms. The molecule has 3 aromatic rings. The van der Waals surface area contributed by atoms with Crippen LogP contribution in [0.25, 0.3) is 10.8 Å². The third-order valence-electron chi connectivity index (χ3n) is 9.26. The summed E-state index contributed by atoms with van der Waals surface area (Å²) in [5.41, 5.74) is 3.67. The van der Waals surface area contributed by atoms with Crippen LogP contribution in [0.15, 0.2) is 60.7 Å². The van der Waals surface area contributed by atoms with Crippen LogP contribution in [0.1, 0.15) is 57.1 Å². The largest absolute Gasteiger partial charge is 0.497 e. The number of nitrogens with zero attached hydrogens (tertiary/aromatic N) is 1. The molecule has 4 atom stereocenters. The molecule has 1 unspecified atom stereocenters. The Kier molecular flexibility index (Phi) is 10.4. The van der Waals surface area contributed by atoms with Gasteiger partial charge in [-0.15, -0.1) is 12.4 Å². The molecule has 1 saturated carbocycles. The van der Waals surface area contributed by atoms with Gasteiger partial charge >= 0.3 is 0 Å². The normalized spacial score (nSPS) is 24.1. The Morgan fingerprint density at radius 3 is 2.65 bits per heavy atom. The fourth-order valence-electron chi connectivity index (χ4n) is 7.24. The van der Waals surface area contributed by atoms with E-state index in [1.165, 1.54) is 45.1 Å². The molecule has 40 heavy (non-hydrogen) atoms. The molecule has 6 rings (SSSR count). The summed E-state index contributed by atoms with van der Waals surface area (Å²) in [5.74, 6) is 2.73. The highest BCUT2D eigenvalue weighted by molar-refractivity contribution is 5.88. The van der Waals surface area contributed by atoms with Crippen molar-refractivity contribution in [2.45, 2.75) is 76.0 Å². The number of rotatable bonds is 7. The van der Waals surface area contributed by atoms with Crippen molar-refractivity contribution in [3.8, 4) is 11.5 Å². The maximum absolute atomic E-state index is 9.84. The van der Waals surface area contributed by atoms with E-state index in [4.69, 9.17) is 9.47 Å². The van der Waals surface area contributed by atoms with E-state index in [-0.39, 0.29) is 12.4 Å². The molecule has 0 radical (unpaired) electrons.